The lowest BCUT2D eigenvalue weighted by atomic mass is 10.0. The summed E-state index contributed by atoms with van der Waals surface area (Å²) < 4.78 is 0. The van der Waals surface area contributed by atoms with Crippen molar-refractivity contribution in [1.29, 1.82) is 0 Å². The van der Waals surface area contributed by atoms with E-state index in [1.54, 1.807) is 0 Å². The number of anilines is 4. The van der Waals surface area contributed by atoms with Gasteiger partial charge in [-0.25, -0.2) is 9.97 Å². The third-order valence-corrected chi connectivity index (χ3v) is 8.13. The van der Waals surface area contributed by atoms with E-state index in [9.17, 15) is 0 Å². The number of nitrogens with zero attached hydrogens (tertiary/aromatic N) is 4. The fourth-order valence-electron chi connectivity index (χ4n) is 4.62. The van der Waals surface area contributed by atoms with Gasteiger partial charge in [0, 0.05) is 35.2 Å². The Morgan fingerprint density at radius 3 is 1.84 bits per heavy atom. The number of aromatic nitrogens is 2. The fraction of sp³-hybridized carbons (Fsp3) is 0.158. The van der Waals surface area contributed by atoms with Crippen molar-refractivity contribution in [2.45, 2.75) is 26.5 Å². The lowest BCUT2D eigenvalue weighted by Gasteiger charge is -2.27. The van der Waals surface area contributed by atoms with Crippen LogP contribution in [0.1, 0.15) is 11.5 Å². The minimum Gasteiger partial charge on any atom is -0.312 e. The zero-order valence-electron chi connectivity index (χ0n) is 13.0. The summed E-state index contributed by atoms with van der Waals surface area (Å²) in [6.07, 6.45) is 3.81. The van der Waals surface area contributed by atoms with Gasteiger partial charge in [-0.2, -0.15) is 0 Å². The molecule has 4 aliphatic heterocycles. The Kier molecular flexibility index (Phi) is 2.26. The van der Waals surface area contributed by atoms with Crippen molar-refractivity contribution < 1.29 is 0 Å². The lowest BCUT2D eigenvalue weighted by molar-refractivity contribution is 0.697. The molecule has 4 aliphatic rings. The molecule has 4 nitrogen and oxygen atoms in total. The maximum Gasteiger partial charge on any atom is 0.147 e. The second-order valence-electron chi connectivity index (χ2n) is 6.64. The first-order valence-electron chi connectivity index (χ1n) is 8.36. The molecule has 6 heterocycles. The molecule has 0 bridgehead atoms. The topological polar surface area (TPSA) is 32.3 Å². The van der Waals surface area contributed by atoms with E-state index in [2.05, 4.69) is 50.1 Å². The van der Waals surface area contributed by atoms with Crippen LogP contribution < -0.4 is 9.80 Å². The van der Waals surface area contributed by atoms with Gasteiger partial charge < -0.3 is 9.80 Å². The molecule has 0 amide bonds. The van der Waals surface area contributed by atoms with Crippen LogP contribution in [0.15, 0.2) is 64.6 Å². The molecule has 2 unspecified atom stereocenters. The van der Waals surface area contributed by atoms with E-state index in [-0.39, 0.29) is 0 Å². The molecular formula is C19H12N4S2. The number of hydrogen-bond acceptors (Lipinski definition) is 6. The van der Waals surface area contributed by atoms with Crippen LogP contribution in [0.2, 0.25) is 0 Å². The Morgan fingerprint density at radius 2 is 1.28 bits per heavy atom. The number of rotatable bonds is 0. The van der Waals surface area contributed by atoms with Crippen LogP contribution in [0.5, 0.6) is 0 Å². The van der Waals surface area contributed by atoms with Gasteiger partial charge in [0.15, 0.2) is 0 Å². The molecule has 6 heteroatoms. The first kappa shape index (κ1) is 13.1. The van der Waals surface area contributed by atoms with Gasteiger partial charge in [-0.3, -0.25) is 0 Å². The summed E-state index contributed by atoms with van der Waals surface area (Å²) in [5.41, 5.74) is 4.12. The Hall–Kier alpha value is -2.18. The minimum absolute atomic E-state index is 0.387. The van der Waals surface area contributed by atoms with Gasteiger partial charge in [0.05, 0.1) is 20.5 Å². The molecule has 1 aromatic carbocycles. The Labute approximate surface area is 153 Å². The maximum atomic E-state index is 4.69. The number of benzene rings is 1. The van der Waals surface area contributed by atoms with Gasteiger partial charge >= 0.3 is 0 Å². The molecule has 0 spiro atoms. The van der Waals surface area contributed by atoms with E-state index < -0.39 is 0 Å². The van der Waals surface area contributed by atoms with E-state index in [0.29, 0.717) is 16.7 Å². The molecule has 25 heavy (non-hydrogen) atoms. The standard InChI is InChI=1S/C19H12N4S2/c1-4-10-14-11(5-1)23-17-13(7-3-9-21-17)25-19(23)15(14)18-22(10)16-12(24-18)6-2-8-20-16/h1-9,15,18-19H. The summed E-state index contributed by atoms with van der Waals surface area (Å²) in [4.78, 5) is 16.9. The minimum atomic E-state index is 0.387. The highest BCUT2D eigenvalue weighted by Crippen LogP contribution is 2.68. The van der Waals surface area contributed by atoms with Crippen LogP contribution in [0.25, 0.3) is 0 Å². The monoisotopic (exact) mass is 360 g/mol. The number of pyridine rings is 2. The van der Waals surface area contributed by atoms with Crippen LogP contribution in [-0.4, -0.2) is 20.7 Å². The Bertz CT molecular complexity index is 989. The van der Waals surface area contributed by atoms with E-state index in [0.717, 1.165) is 11.6 Å². The summed E-state index contributed by atoms with van der Waals surface area (Å²) in [5.74, 6) is 2.69. The molecule has 7 rings (SSSR count). The van der Waals surface area contributed by atoms with Crippen molar-refractivity contribution >= 4 is 46.5 Å². The third kappa shape index (κ3) is 1.42. The molecule has 0 fully saturated rings. The van der Waals surface area contributed by atoms with Gasteiger partial charge in [0.25, 0.3) is 0 Å². The highest BCUT2D eigenvalue weighted by Gasteiger charge is 2.57. The molecule has 0 radical (unpaired) electrons. The normalized spacial score (nSPS) is 26.3. The first-order valence-corrected chi connectivity index (χ1v) is 10.1. The lowest BCUT2D eigenvalue weighted by Crippen LogP contribution is -2.32. The van der Waals surface area contributed by atoms with Crippen LogP contribution in [-0.2, 0) is 0 Å². The van der Waals surface area contributed by atoms with Crippen molar-refractivity contribution in [2.24, 2.45) is 0 Å². The molecule has 2 aromatic heterocycles. The zero-order chi connectivity index (χ0) is 16.1. The van der Waals surface area contributed by atoms with Gasteiger partial charge in [-0.1, -0.05) is 29.6 Å². The molecular weight excluding hydrogens is 348 g/mol. The molecule has 0 aliphatic carbocycles. The van der Waals surface area contributed by atoms with Gasteiger partial charge in [-0.15, -0.1) is 0 Å². The third-order valence-electron chi connectivity index (χ3n) is 5.49. The SMILES string of the molecule is c1cnc2c(c1)SC1C3c4c(cccc4N4c5ncccc5SC34)N21. The predicted octanol–water partition coefficient (Wildman–Crippen LogP) is 4.73. The predicted molar refractivity (Wildman–Crippen MR) is 101 cm³/mol. The van der Waals surface area contributed by atoms with Crippen molar-refractivity contribution in [3.63, 3.8) is 0 Å². The zero-order valence-corrected chi connectivity index (χ0v) is 14.7. The Balaban J connectivity index is 1.48. The van der Waals surface area contributed by atoms with Gasteiger partial charge in [-0.05, 0) is 36.4 Å². The average molecular weight is 360 g/mol. The summed E-state index contributed by atoms with van der Waals surface area (Å²) in [5, 5.41) is 0.774. The smallest absolute Gasteiger partial charge is 0.147 e. The summed E-state index contributed by atoms with van der Waals surface area (Å²) in [6.45, 7) is 0. The fourth-order valence-corrected chi connectivity index (χ4v) is 7.56. The molecule has 0 N–H and O–H groups in total. The molecule has 120 valence electrons. The number of thioether (sulfide) groups is 2. The molecule has 3 aromatic rings. The average Bonchev–Trinajstić information content (AvgIpc) is 3.35. The van der Waals surface area contributed by atoms with Gasteiger partial charge in [0.1, 0.15) is 11.6 Å². The first-order chi connectivity index (χ1) is 12.4. The maximum absolute atomic E-state index is 4.69. The molecule has 0 saturated heterocycles. The summed E-state index contributed by atoms with van der Waals surface area (Å²) in [7, 11) is 0. The number of hydrogen-bond donors (Lipinski definition) is 0. The largest absolute Gasteiger partial charge is 0.312 e. The highest BCUT2D eigenvalue weighted by molar-refractivity contribution is 8.01. The highest BCUT2D eigenvalue weighted by atomic mass is 32.2. The number of fused-ring (bicyclic) bond motifs is 10. The van der Waals surface area contributed by atoms with E-state index in [1.807, 2.05) is 48.1 Å². The second-order valence-corrected chi connectivity index (χ2v) is 8.96. The van der Waals surface area contributed by atoms with E-state index in [1.165, 1.54) is 26.7 Å². The quantitative estimate of drug-likeness (QED) is 0.576. The van der Waals surface area contributed by atoms with Crippen LogP contribution in [0.3, 0.4) is 0 Å². The van der Waals surface area contributed by atoms with Crippen molar-refractivity contribution in [3.05, 3.63) is 60.4 Å². The van der Waals surface area contributed by atoms with Crippen LogP contribution in [0, 0.1) is 0 Å². The molecule has 2 atom stereocenters. The summed E-state index contributed by atoms with van der Waals surface area (Å²) in [6, 6.07) is 15.1. The van der Waals surface area contributed by atoms with Crippen molar-refractivity contribution in [3.8, 4) is 0 Å². The summed E-state index contributed by atoms with van der Waals surface area (Å²) >= 11 is 3.92. The van der Waals surface area contributed by atoms with E-state index in [4.69, 9.17) is 0 Å². The molecule has 0 saturated carbocycles. The second kappa shape index (κ2) is 4.31. The van der Waals surface area contributed by atoms with Crippen molar-refractivity contribution in [2.75, 3.05) is 9.80 Å². The Morgan fingerprint density at radius 1 is 0.720 bits per heavy atom. The van der Waals surface area contributed by atoms with Crippen LogP contribution >= 0.6 is 23.5 Å². The van der Waals surface area contributed by atoms with Crippen LogP contribution in [0.4, 0.5) is 23.0 Å². The van der Waals surface area contributed by atoms with Gasteiger partial charge in [0.2, 0.25) is 0 Å². The van der Waals surface area contributed by atoms with E-state index >= 15 is 0 Å². The van der Waals surface area contributed by atoms with Crippen molar-refractivity contribution in [1.82, 2.24) is 9.97 Å².